The van der Waals surface area contributed by atoms with Gasteiger partial charge in [0.05, 0.1) is 0 Å². The molecule has 3 atom stereocenters. The molecule has 10 heteroatoms. The minimum Gasteiger partial charge on any atom is -0.352 e. The highest BCUT2D eigenvalue weighted by Crippen LogP contribution is 2.38. The SMILES string of the molecule is Cc1cc(C)n(CCNC(=O)[C@H]2[C@@H]3CNC[C@@H](C3)c3cccc(=O)n32)c(=O)n1.Cl.Cl. The fourth-order valence-electron chi connectivity index (χ4n) is 4.57. The third-order valence-electron chi connectivity index (χ3n) is 5.80. The largest absolute Gasteiger partial charge is 0.352 e. The summed E-state index contributed by atoms with van der Waals surface area (Å²) in [4.78, 5) is 41.6. The van der Waals surface area contributed by atoms with Crippen LogP contribution in [0.15, 0.2) is 33.9 Å². The fraction of sp³-hybridized carbons (Fsp3) is 0.500. The zero-order valence-corrected chi connectivity index (χ0v) is 18.6. The van der Waals surface area contributed by atoms with Crippen molar-refractivity contribution in [2.75, 3.05) is 19.6 Å². The number of halogens is 2. The number of carbonyl (C=O) groups excluding carboxylic acids is 1. The second-order valence-electron chi connectivity index (χ2n) is 7.72. The Labute approximate surface area is 186 Å². The third kappa shape index (κ3) is 4.45. The van der Waals surface area contributed by atoms with Crippen LogP contribution in [0.5, 0.6) is 0 Å². The number of rotatable bonds is 4. The number of nitrogens with one attached hydrogen (secondary N) is 2. The number of carbonyl (C=O) groups is 1. The molecule has 0 aromatic carbocycles. The summed E-state index contributed by atoms with van der Waals surface area (Å²) in [6.45, 7) is 5.83. The molecule has 4 rings (SSSR count). The Bertz CT molecular complexity index is 1040. The molecule has 30 heavy (non-hydrogen) atoms. The molecule has 0 unspecified atom stereocenters. The minimum atomic E-state index is -0.526. The van der Waals surface area contributed by atoms with Gasteiger partial charge >= 0.3 is 5.69 Å². The van der Waals surface area contributed by atoms with Crippen molar-refractivity contribution in [3.05, 3.63) is 62.2 Å². The maximum atomic E-state index is 13.0. The van der Waals surface area contributed by atoms with Crippen molar-refractivity contribution < 1.29 is 4.79 Å². The maximum absolute atomic E-state index is 13.0. The molecule has 2 aromatic heterocycles. The maximum Gasteiger partial charge on any atom is 0.348 e. The van der Waals surface area contributed by atoms with Crippen molar-refractivity contribution >= 4 is 30.7 Å². The highest BCUT2D eigenvalue weighted by atomic mass is 35.5. The topological polar surface area (TPSA) is 98.0 Å². The standard InChI is InChI=1S/C20H25N5O3.2ClH/c1-12-8-13(2)24(20(28)23-12)7-6-22-19(27)18-15-9-14(10-21-11-15)16-4-3-5-17(26)25(16)18;;/h3-5,8,14-15,18,21H,6-7,9-11H2,1-2H3,(H,22,27);2*1H/t14-,15+,18-;;/m1../s1. The van der Waals surface area contributed by atoms with Gasteiger partial charge in [0, 0.05) is 61.2 Å². The summed E-state index contributed by atoms with van der Waals surface area (Å²) in [5.41, 5.74) is 1.96. The quantitative estimate of drug-likeness (QED) is 0.714. The monoisotopic (exact) mass is 455 g/mol. The molecule has 0 spiro atoms. The molecule has 1 saturated heterocycles. The normalized spacial score (nSPS) is 21.6. The number of nitrogens with zero attached hydrogens (tertiary/aromatic N) is 3. The molecule has 2 aromatic rings. The van der Waals surface area contributed by atoms with E-state index in [1.54, 1.807) is 22.1 Å². The zero-order chi connectivity index (χ0) is 19.8. The Hall–Kier alpha value is -2.16. The Kier molecular flexibility index (Phi) is 7.85. The van der Waals surface area contributed by atoms with Gasteiger partial charge in [0.15, 0.2) is 0 Å². The molecule has 8 nitrogen and oxygen atoms in total. The third-order valence-corrected chi connectivity index (χ3v) is 5.80. The Balaban J connectivity index is 0.00000160. The van der Waals surface area contributed by atoms with Gasteiger partial charge in [-0.2, -0.15) is 4.98 Å². The lowest BCUT2D eigenvalue weighted by Crippen LogP contribution is -2.52. The van der Waals surface area contributed by atoms with Gasteiger partial charge in [0.1, 0.15) is 6.04 Å². The molecule has 0 radical (unpaired) electrons. The van der Waals surface area contributed by atoms with Gasteiger partial charge in [0.2, 0.25) is 5.91 Å². The number of aryl methyl sites for hydroxylation is 2. The van der Waals surface area contributed by atoms with E-state index >= 15 is 0 Å². The van der Waals surface area contributed by atoms with Crippen LogP contribution in [0.1, 0.15) is 35.5 Å². The molecule has 164 valence electrons. The van der Waals surface area contributed by atoms with Gasteiger partial charge in [-0.3, -0.25) is 18.7 Å². The molecule has 2 aliphatic heterocycles. The average Bonchev–Trinajstić information content (AvgIpc) is 2.65. The summed E-state index contributed by atoms with van der Waals surface area (Å²) in [6, 6.07) is 6.53. The number of aromatic nitrogens is 3. The average molecular weight is 456 g/mol. The molecule has 1 amide bonds. The molecule has 4 heterocycles. The second kappa shape index (κ2) is 9.76. The van der Waals surface area contributed by atoms with E-state index in [0.717, 1.165) is 30.9 Å². The summed E-state index contributed by atoms with van der Waals surface area (Å²) in [7, 11) is 0. The number of hydrogen-bond acceptors (Lipinski definition) is 5. The van der Waals surface area contributed by atoms with Crippen LogP contribution < -0.4 is 21.9 Å². The molecule has 2 bridgehead atoms. The van der Waals surface area contributed by atoms with Gasteiger partial charge in [-0.15, -0.1) is 24.8 Å². The summed E-state index contributed by atoms with van der Waals surface area (Å²) >= 11 is 0. The first-order valence-corrected chi connectivity index (χ1v) is 9.70. The Morgan fingerprint density at radius 1 is 1.23 bits per heavy atom. The first-order chi connectivity index (χ1) is 13.5. The summed E-state index contributed by atoms with van der Waals surface area (Å²) < 4.78 is 3.21. The Morgan fingerprint density at radius 2 is 2.00 bits per heavy atom. The predicted octanol–water partition coefficient (Wildman–Crippen LogP) is 0.930. The van der Waals surface area contributed by atoms with Gasteiger partial charge in [-0.1, -0.05) is 6.07 Å². The Morgan fingerprint density at radius 3 is 2.73 bits per heavy atom. The number of amides is 1. The molecule has 1 fully saturated rings. The molecule has 0 aliphatic carbocycles. The molecule has 0 saturated carbocycles. The lowest BCUT2D eigenvalue weighted by atomic mass is 9.79. The number of hydrogen-bond donors (Lipinski definition) is 2. The lowest BCUT2D eigenvalue weighted by Gasteiger charge is -2.42. The van der Waals surface area contributed by atoms with Crippen molar-refractivity contribution in [3.63, 3.8) is 0 Å². The number of fused-ring (bicyclic) bond motifs is 4. The second-order valence-corrected chi connectivity index (χ2v) is 7.72. The van der Waals surface area contributed by atoms with Crippen molar-refractivity contribution in [1.82, 2.24) is 24.8 Å². The van der Waals surface area contributed by atoms with E-state index < -0.39 is 6.04 Å². The van der Waals surface area contributed by atoms with Crippen molar-refractivity contribution in [1.29, 1.82) is 0 Å². The summed E-state index contributed by atoms with van der Waals surface area (Å²) in [5, 5.41) is 6.31. The van der Waals surface area contributed by atoms with E-state index in [1.807, 2.05) is 19.1 Å². The molecule has 2 aliphatic rings. The number of piperidine rings is 1. The van der Waals surface area contributed by atoms with E-state index in [1.165, 1.54) is 6.07 Å². The first-order valence-electron chi connectivity index (χ1n) is 9.70. The smallest absolute Gasteiger partial charge is 0.348 e. The van der Waals surface area contributed by atoms with Crippen LogP contribution in [-0.2, 0) is 11.3 Å². The molecule has 2 N–H and O–H groups in total. The fourth-order valence-corrected chi connectivity index (χ4v) is 4.57. The van der Waals surface area contributed by atoms with Gasteiger partial charge in [-0.05, 0) is 32.4 Å². The highest BCUT2D eigenvalue weighted by Gasteiger charge is 2.41. The predicted molar refractivity (Wildman–Crippen MR) is 119 cm³/mol. The van der Waals surface area contributed by atoms with Crippen LogP contribution >= 0.6 is 24.8 Å². The van der Waals surface area contributed by atoms with Crippen molar-refractivity contribution in [3.8, 4) is 0 Å². The van der Waals surface area contributed by atoms with Crippen molar-refractivity contribution in [2.45, 2.75) is 38.8 Å². The van der Waals surface area contributed by atoms with Crippen LogP contribution in [0.25, 0.3) is 0 Å². The van der Waals surface area contributed by atoms with Crippen LogP contribution in [0.3, 0.4) is 0 Å². The van der Waals surface area contributed by atoms with Gasteiger partial charge in [-0.25, -0.2) is 4.79 Å². The zero-order valence-electron chi connectivity index (χ0n) is 17.0. The van der Waals surface area contributed by atoms with E-state index in [4.69, 9.17) is 0 Å². The van der Waals surface area contributed by atoms with E-state index in [2.05, 4.69) is 15.6 Å². The molecular formula is C20H27Cl2N5O3. The van der Waals surface area contributed by atoms with Crippen LogP contribution in [0.4, 0.5) is 0 Å². The lowest BCUT2D eigenvalue weighted by molar-refractivity contribution is -0.127. The first kappa shape index (κ1) is 24.1. The molecular weight excluding hydrogens is 429 g/mol. The van der Waals surface area contributed by atoms with Crippen LogP contribution in [-0.4, -0.2) is 39.7 Å². The van der Waals surface area contributed by atoms with Crippen molar-refractivity contribution in [2.24, 2.45) is 5.92 Å². The van der Waals surface area contributed by atoms with E-state index in [0.29, 0.717) is 18.8 Å². The van der Waals surface area contributed by atoms with Crippen LogP contribution in [0.2, 0.25) is 0 Å². The summed E-state index contributed by atoms with van der Waals surface area (Å²) in [6.07, 6.45) is 0.898. The summed E-state index contributed by atoms with van der Waals surface area (Å²) in [5.74, 6) is 0.167. The number of pyridine rings is 1. The highest BCUT2D eigenvalue weighted by molar-refractivity contribution is 5.85. The van der Waals surface area contributed by atoms with Gasteiger partial charge < -0.3 is 10.6 Å². The van der Waals surface area contributed by atoms with E-state index in [-0.39, 0.29) is 53.8 Å². The van der Waals surface area contributed by atoms with Gasteiger partial charge in [0.25, 0.3) is 5.56 Å². The van der Waals surface area contributed by atoms with Crippen LogP contribution in [0, 0.1) is 19.8 Å². The minimum absolute atomic E-state index is 0. The van der Waals surface area contributed by atoms with E-state index in [9.17, 15) is 14.4 Å².